The van der Waals surface area contributed by atoms with Gasteiger partial charge in [0.25, 0.3) is 0 Å². The average Bonchev–Trinajstić information content (AvgIpc) is 3.12. The third-order valence-corrected chi connectivity index (χ3v) is 3.99. The maximum Gasteiger partial charge on any atom is 0.240 e. The standard InChI is InChI=1S/C16H16N6O/c1-9-7-14(23)19-20-15(9)10-3-4-11-13(8-10)18-16(17-11)12-5-6-22(2)21-12/h3-6,8-9H,7H2,1-2H3,(H,17,18)(H,19,23). The van der Waals surface area contributed by atoms with Gasteiger partial charge in [0.2, 0.25) is 5.91 Å². The van der Waals surface area contributed by atoms with E-state index in [2.05, 4.69) is 25.6 Å². The Morgan fingerprint density at radius 3 is 2.91 bits per heavy atom. The summed E-state index contributed by atoms with van der Waals surface area (Å²) in [7, 11) is 1.88. The number of aromatic nitrogens is 4. The molecule has 7 heteroatoms. The molecule has 0 fully saturated rings. The van der Waals surface area contributed by atoms with Gasteiger partial charge in [0.05, 0.1) is 16.7 Å². The number of aryl methyl sites for hydroxylation is 1. The van der Waals surface area contributed by atoms with Crippen LogP contribution in [0.4, 0.5) is 0 Å². The molecule has 0 aliphatic carbocycles. The molecule has 116 valence electrons. The van der Waals surface area contributed by atoms with Crippen LogP contribution >= 0.6 is 0 Å². The number of amides is 1. The normalized spacial score (nSPS) is 18.1. The molecular formula is C16H16N6O. The Bertz CT molecular complexity index is 935. The van der Waals surface area contributed by atoms with Gasteiger partial charge >= 0.3 is 0 Å². The van der Waals surface area contributed by atoms with Gasteiger partial charge in [-0.05, 0) is 18.2 Å². The molecule has 4 rings (SSSR count). The van der Waals surface area contributed by atoms with Gasteiger partial charge in [0.15, 0.2) is 5.82 Å². The molecule has 1 aromatic carbocycles. The van der Waals surface area contributed by atoms with Gasteiger partial charge in [-0.25, -0.2) is 10.4 Å². The fourth-order valence-corrected chi connectivity index (χ4v) is 2.83. The zero-order chi connectivity index (χ0) is 16.0. The van der Waals surface area contributed by atoms with E-state index in [1.807, 2.05) is 44.4 Å². The van der Waals surface area contributed by atoms with Crippen LogP contribution in [0.5, 0.6) is 0 Å². The second-order valence-electron chi connectivity index (χ2n) is 5.83. The number of carbonyl (C=O) groups excluding carboxylic acids is 1. The molecule has 1 aliphatic rings. The third-order valence-electron chi connectivity index (χ3n) is 3.99. The maximum absolute atomic E-state index is 11.4. The molecule has 0 spiro atoms. The molecule has 23 heavy (non-hydrogen) atoms. The zero-order valence-electron chi connectivity index (χ0n) is 12.9. The number of carbonyl (C=O) groups is 1. The second kappa shape index (κ2) is 5.05. The predicted octanol–water partition coefficient (Wildman–Crippen LogP) is 1.82. The predicted molar refractivity (Wildman–Crippen MR) is 86.8 cm³/mol. The van der Waals surface area contributed by atoms with Crippen molar-refractivity contribution in [2.75, 3.05) is 0 Å². The number of aromatic amines is 1. The first-order valence-corrected chi connectivity index (χ1v) is 7.47. The summed E-state index contributed by atoms with van der Waals surface area (Å²) < 4.78 is 1.75. The van der Waals surface area contributed by atoms with Crippen LogP contribution in [0.2, 0.25) is 0 Å². The molecule has 3 aromatic rings. The topological polar surface area (TPSA) is 88.0 Å². The Morgan fingerprint density at radius 1 is 1.30 bits per heavy atom. The fraction of sp³-hybridized carbons (Fsp3) is 0.250. The molecule has 2 N–H and O–H groups in total. The Kier molecular flexibility index (Phi) is 3.00. The lowest BCUT2D eigenvalue weighted by Gasteiger charge is -2.18. The first-order valence-electron chi connectivity index (χ1n) is 7.47. The summed E-state index contributed by atoms with van der Waals surface area (Å²) in [5.41, 5.74) is 7.04. The number of fused-ring (bicyclic) bond motifs is 1. The SMILES string of the molecule is CC1CC(=O)NN=C1c1ccc2nc(-c3ccn(C)n3)[nH]c2c1. The molecular weight excluding hydrogens is 292 g/mol. The van der Waals surface area contributed by atoms with Gasteiger partial charge in [-0.15, -0.1) is 0 Å². The highest BCUT2D eigenvalue weighted by molar-refractivity contribution is 6.07. The lowest BCUT2D eigenvalue weighted by molar-refractivity contribution is -0.121. The summed E-state index contributed by atoms with van der Waals surface area (Å²) in [4.78, 5) is 19.3. The van der Waals surface area contributed by atoms with Gasteiger partial charge in [-0.2, -0.15) is 10.2 Å². The smallest absolute Gasteiger partial charge is 0.240 e. The number of hydrogen-bond acceptors (Lipinski definition) is 4. The summed E-state index contributed by atoms with van der Waals surface area (Å²) in [6.07, 6.45) is 2.34. The van der Waals surface area contributed by atoms with Gasteiger partial charge < -0.3 is 4.98 Å². The number of nitrogens with zero attached hydrogens (tertiary/aromatic N) is 4. The van der Waals surface area contributed by atoms with Gasteiger partial charge in [0.1, 0.15) is 5.69 Å². The molecule has 7 nitrogen and oxygen atoms in total. The Balaban J connectivity index is 1.75. The van der Waals surface area contributed by atoms with E-state index in [0.29, 0.717) is 6.42 Å². The highest BCUT2D eigenvalue weighted by Crippen LogP contribution is 2.23. The molecule has 1 atom stereocenters. The molecule has 2 aromatic heterocycles. The van der Waals surface area contributed by atoms with Crippen LogP contribution in [0.3, 0.4) is 0 Å². The van der Waals surface area contributed by atoms with E-state index in [1.165, 1.54) is 0 Å². The van der Waals surface area contributed by atoms with Crippen LogP contribution < -0.4 is 5.43 Å². The molecule has 0 saturated carbocycles. The molecule has 1 amide bonds. The van der Waals surface area contributed by atoms with Gasteiger partial charge in [-0.1, -0.05) is 13.0 Å². The minimum atomic E-state index is -0.0405. The first-order chi connectivity index (χ1) is 11.1. The largest absolute Gasteiger partial charge is 0.337 e. The summed E-state index contributed by atoms with van der Waals surface area (Å²) in [5.74, 6) is 0.797. The number of benzene rings is 1. The molecule has 0 saturated heterocycles. The van der Waals surface area contributed by atoms with E-state index in [0.717, 1.165) is 33.8 Å². The fourth-order valence-electron chi connectivity index (χ4n) is 2.83. The number of hydrazone groups is 1. The van der Waals surface area contributed by atoms with Crippen molar-refractivity contribution in [3.63, 3.8) is 0 Å². The van der Waals surface area contributed by atoms with Crippen LogP contribution in [-0.4, -0.2) is 31.4 Å². The first kappa shape index (κ1) is 13.7. The third kappa shape index (κ3) is 2.40. The Labute approximate surface area is 132 Å². The van der Waals surface area contributed by atoms with E-state index in [1.54, 1.807) is 4.68 Å². The lowest BCUT2D eigenvalue weighted by Crippen LogP contribution is -2.31. The van der Waals surface area contributed by atoms with Gasteiger partial charge in [0, 0.05) is 31.1 Å². The van der Waals surface area contributed by atoms with E-state index in [4.69, 9.17) is 0 Å². The minimum absolute atomic E-state index is 0.0405. The summed E-state index contributed by atoms with van der Waals surface area (Å²) >= 11 is 0. The van der Waals surface area contributed by atoms with Crippen LogP contribution in [0.25, 0.3) is 22.6 Å². The molecule has 3 heterocycles. The van der Waals surface area contributed by atoms with Crippen LogP contribution in [0.1, 0.15) is 18.9 Å². The van der Waals surface area contributed by atoms with Crippen molar-refractivity contribution in [3.05, 3.63) is 36.0 Å². The monoisotopic (exact) mass is 308 g/mol. The number of H-pyrrole nitrogens is 1. The number of rotatable bonds is 2. The van der Waals surface area contributed by atoms with E-state index < -0.39 is 0 Å². The Hall–Kier alpha value is -2.96. The van der Waals surface area contributed by atoms with E-state index >= 15 is 0 Å². The molecule has 0 radical (unpaired) electrons. The van der Waals surface area contributed by atoms with Crippen LogP contribution in [-0.2, 0) is 11.8 Å². The number of imidazole rings is 1. The van der Waals surface area contributed by atoms with Crippen molar-refractivity contribution in [2.24, 2.45) is 18.1 Å². The summed E-state index contributed by atoms with van der Waals surface area (Å²) in [6, 6.07) is 7.88. The average molecular weight is 308 g/mol. The van der Waals surface area contributed by atoms with Crippen LogP contribution in [0.15, 0.2) is 35.6 Å². The van der Waals surface area contributed by atoms with E-state index in [-0.39, 0.29) is 11.8 Å². The highest BCUT2D eigenvalue weighted by Gasteiger charge is 2.22. The highest BCUT2D eigenvalue weighted by atomic mass is 16.2. The van der Waals surface area contributed by atoms with Crippen molar-refractivity contribution in [1.29, 1.82) is 0 Å². The summed E-state index contributed by atoms with van der Waals surface area (Å²) in [6.45, 7) is 2.01. The van der Waals surface area contributed by atoms with Crippen molar-refractivity contribution in [2.45, 2.75) is 13.3 Å². The number of hydrogen-bond donors (Lipinski definition) is 2. The molecule has 1 unspecified atom stereocenters. The second-order valence-corrected chi connectivity index (χ2v) is 5.83. The quantitative estimate of drug-likeness (QED) is 0.757. The summed E-state index contributed by atoms with van der Waals surface area (Å²) in [5, 5.41) is 8.56. The van der Waals surface area contributed by atoms with Crippen LogP contribution in [0, 0.1) is 5.92 Å². The van der Waals surface area contributed by atoms with Crippen molar-refractivity contribution in [3.8, 4) is 11.5 Å². The lowest BCUT2D eigenvalue weighted by atomic mass is 9.94. The minimum Gasteiger partial charge on any atom is -0.337 e. The number of nitrogens with one attached hydrogen (secondary N) is 2. The Morgan fingerprint density at radius 2 is 2.17 bits per heavy atom. The molecule has 0 bridgehead atoms. The zero-order valence-corrected chi connectivity index (χ0v) is 12.9. The van der Waals surface area contributed by atoms with Crippen molar-refractivity contribution in [1.82, 2.24) is 25.2 Å². The van der Waals surface area contributed by atoms with Crippen molar-refractivity contribution < 1.29 is 4.79 Å². The maximum atomic E-state index is 11.4. The van der Waals surface area contributed by atoms with Gasteiger partial charge in [-0.3, -0.25) is 9.48 Å². The van der Waals surface area contributed by atoms with E-state index in [9.17, 15) is 4.79 Å². The van der Waals surface area contributed by atoms with Crippen molar-refractivity contribution >= 4 is 22.7 Å². The molecule has 1 aliphatic heterocycles.